The van der Waals surface area contributed by atoms with Gasteiger partial charge in [0.05, 0.1) is 29.9 Å². The molecule has 7 rings (SSSR count). The minimum Gasteiger partial charge on any atom is -0.387 e. The average molecular weight is 817 g/mol. The molecule has 1 fully saturated rings. The number of pyridine rings is 1. The maximum absolute atomic E-state index is 13.4. The van der Waals surface area contributed by atoms with Crippen molar-refractivity contribution in [3.8, 4) is 5.82 Å². The van der Waals surface area contributed by atoms with E-state index in [1.165, 1.54) is 15.8 Å². The van der Waals surface area contributed by atoms with E-state index in [1.54, 1.807) is 36.0 Å². The highest BCUT2D eigenvalue weighted by molar-refractivity contribution is 6.03. The summed E-state index contributed by atoms with van der Waals surface area (Å²) in [5.74, 6) is 0.410. The number of allylic oxidation sites excluding steroid dienone is 2. The number of fused-ring (bicyclic) bond motifs is 2. The number of carbonyl (C=O) groups excluding carboxylic acids is 3. The normalized spacial score (nSPS) is 14.8. The Hall–Kier alpha value is -6.45. The van der Waals surface area contributed by atoms with Gasteiger partial charge in [0.15, 0.2) is 17.8 Å². The van der Waals surface area contributed by atoms with Gasteiger partial charge in [0.1, 0.15) is 11.7 Å². The molecule has 5 aromatic rings. The van der Waals surface area contributed by atoms with Gasteiger partial charge in [-0.15, -0.1) is 13.2 Å². The summed E-state index contributed by atoms with van der Waals surface area (Å²) in [5.41, 5.74) is 4.92. The van der Waals surface area contributed by atoms with Gasteiger partial charge in [0.2, 0.25) is 5.95 Å². The number of nitrogens with zero attached hydrogens (tertiary/aromatic N) is 8. The summed E-state index contributed by atoms with van der Waals surface area (Å²) in [6.07, 6.45) is 8.05. The zero-order valence-corrected chi connectivity index (χ0v) is 35.2. The van der Waals surface area contributed by atoms with E-state index in [1.807, 2.05) is 70.4 Å². The van der Waals surface area contributed by atoms with E-state index in [2.05, 4.69) is 38.6 Å². The average Bonchev–Trinajstić information content (AvgIpc) is 3.79. The fraction of sp³-hybridized carbons (Fsp3) is 0.356. The predicted molar refractivity (Wildman–Crippen MR) is 238 cm³/mol. The molecule has 2 atom stereocenters. The lowest BCUT2D eigenvalue weighted by atomic mass is 10.0. The summed E-state index contributed by atoms with van der Waals surface area (Å²) in [6.45, 7) is 14.6. The van der Waals surface area contributed by atoms with Crippen LogP contribution in [0.15, 0.2) is 90.9 Å². The van der Waals surface area contributed by atoms with E-state index >= 15 is 0 Å². The largest absolute Gasteiger partial charge is 0.387 e. The molecule has 0 spiro atoms. The number of nitrogens with one attached hydrogen (secondary N) is 2. The van der Waals surface area contributed by atoms with Gasteiger partial charge in [-0.3, -0.25) is 14.4 Å². The van der Waals surface area contributed by atoms with Crippen LogP contribution in [0.2, 0.25) is 0 Å². The lowest BCUT2D eigenvalue weighted by molar-refractivity contribution is -0.111. The maximum Gasteiger partial charge on any atom is 0.278 e. The number of piperazine rings is 1. The van der Waals surface area contributed by atoms with E-state index in [-0.39, 0.29) is 29.1 Å². The fourth-order valence-electron chi connectivity index (χ4n) is 7.27. The third-order valence-corrected chi connectivity index (χ3v) is 10.4. The summed E-state index contributed by atoms with van der Waals surface area (Å²) >= 11 is 0. The van der Waals surface area contributed by atoms with Gasteiger partial charge in [-0.25, -0.2) is 19.3 Å². The number of likely N-dealkylation sites (N-methyl/N-ethyl adjacent to an activating group) is 1. The standard InChI is InChI=1S/C41H43N9O5.C2H7N.C2H6/c1-4-6-7-32(26-52)46(3)39(54)33-23-31(13-8-28(33)25-51)48-21-19-47(20-22-48)30-14-11-29(12-15-30)43-41-42-24-34-38(45-41)50(49(18-5-2)40(34)55)36-17-10-27-9-16-35(53)37(27)44-36;1-3-2;1-2/h4-5,8,10-15,17,23-26,32,35,53H,1-2,6-7,9,16,18-22H2,3H3,(H,42,43,45);3H,1-2H3;1-2H3. The van der Waals surface area contributed by atoms with E-state index in [0.717, 1.165) is 48.4 Å². The number of aliphatic hydroxyl groups is 1. The van der Waals surface area contributed by atoms with Crippen LogP contribution in [-0.2, 0) is 17.8 Å². The first-order valence-electron chi connectivity index (χ1n) is 20.3. The second-order valence-corrected chi connectivity index (χ2v) is 14.2. The van der Waals surface area contributed by atoms with Crippen molar-refractivity contribution in [1.82, 2.24) is 34.5 Å². The third kappa shape index (κ3) is 9.70. The first kappa shape index (κ1) is 44.6. The monoisotopic (exact) mass is 816 g/mol. The molecule has 316 valence electrons. The summed E-state index contributed by atoms with van der Waals surface area (Å²) < 4.78 is 3.16. The molecule has 15 nitrogen and oxygen atoms in total. The summed E-state index contributed by atoms with van der Waals surface area (Å²) in [5, 5.41) is 16.8. The van der Waals surface area contributed by atoms with E-state index in [4.69, 9.17) is 9.97 Å². The van der Waals surface area contributed by atoms with E-state index in [9.17, 15) is 24.3 Å². The fourth-order valence-corrected chi connectivity index (χ4v) is 7.27. The number of benzene rings is 2. The topological polar surface area (TPSA) is 171 Å². The smallest absolute Gasteiger partial charge is 0.278 e. The molecule has 15 heteroatoms. The Kier molecular flexibility index (Phi) is 15.6. The van der Waals surface area contributed by atoms with Crippen LogP contribution in [0.3, 0.4) is 0 Å². The van der Waals surface area contributed by atoms with Gasteiger partial charge in [-0.05, 0) is 93.9 Å². The Morgan fingerprint density at radius 1 is 0.967 bits per heavy atom. The Labute approximate surface area is 351 Å². The van der Waals surface area contributed by atoms with Crippen LogP contribution in [-0.4, -0.2) is 106 Å². The summed E-state index contributed by atoms with van der Waals surface area (Å²) in [7, 11) is 5.33. The van der Waals surface area contributed by atoms with Gasteiger partial charge >= 0.3 is 0 Å². The Morgan fingerprint density at radius 3 is 2.27 bits per heavy atom. The first-order valence-corrected chi connectivity index (χ1v) is 20.3. The lowest BCUT2D eigenvalue weighted by Crippen LogP contribution is -2.46. The van der Waals surface area contributed by atoms with Crippen molar-refractivity contribution in [1.29, 1.82) is 0 Å². The summed E-state index contributed by atoms with van der Waals surface area (Å²) in [6, 6.07) is 16.4. The second-order valence-electron chi connectivity index (χ2n) is 14.2. The number of hydrogen-bond donors (Lipinski definition) is 3. The van der Waals surface area contributed by atoms with Gasteiger partial charge in [0.25, 0.3) is 11.5 Å². The number of aliphatic hydroxyl groups excluding tert-OH is 1. The highest BCUT2D eigenvalue weighted by Crippen LogP contribution is 2.31. The highest BCUT2D eigenvalue weighted by atomic mass is 16.3. The molecule has 0 saturated carbocycles. The molecule has 0 radical (unpaired) electrons. The van der Waals surface area contributed by atoms with E-state index in [0.29, 0.717) is 67.1 Å². The number of aryl methyl sites for hydroxylation is 1. The van der Waals surface area contributed by atoms with Gasteiger partial charge in [-0.2, -0.15) is 4.98 Å². The van der Waals surface area contributed by atoms with Crippen LogP contribution >= 0.6 is 0 Å². The number of anilines is 4. The molecule has 2 aliphatic rings. The zero-order valence-electron chi connectivity index (χ0n) is 35.2. The minimum atomic E-state index is -0.647. The van der Waals surface area contributed by atoms with Crippen molar-refractivity contribution >= 4 is 52.5 Å². The zero-order chi connectivity index (χ0) is 43.3. The quantitative estimate of drug-likeness (QED) is 0.0953. The number of rotatable bonds is 14. The summed E-state index contributed by atoms with van der Waals surface area (Å²) in [4.78, 5) is 70.2. The number of carbonyl (C=O) groups is 3. The second kappa shape index (κ2) is 21.0. The molecular weight excluding hydrogens is 761 g/mol. The van der Waals surface area contributed by atoms with Crippen molar-refractivity contribution in [2.24, 2.45) is 0 Å². The van der Waals surface area contributed by atoms with Crippen molar-refractivity contribution in [2.75, 3.05) is 62.4 Å². The molecule has 1 saturated heterocycles. The van der Waals surface area contributed by atoms with Crippen molar-refractivity contribution in [3.63, 3.8) is 0 Å². The van der Waals surface area contributed by atoms with Crippen LogP contribution in [0.5, 0.6) is 0 Å². The number of hydrogen-bond acceptors (Lipinski definition) is 12. The van der Waals surface area contributed by atoms with E-state index < -0.39 is 12.1 Å². The van der Waals surface area contributed by atoms with Crippen LogP contribution in [0.1, 0.15) is 71.2 Å². The molecule has 4 heterocycles. The molecule has 1 aliphatic carbocycles. The molecule has 3 N–H and O–H groups in total. The number of aldehydes is 2. The molecule has 0 bridgehead atoms. The van der Waals surface area contributed by atoms with Gasteiger partial charge < -0.3 is 35.2 Å². The Morgan fingerprint density at radius 2 is 1.63 bits per heavy atom. The van der Waals surface area contributed by atoms with Crippen LogP contribution in [0.25, 0.3) is 16.9 Å². The lowest BCUT2D eigenvalue weighted by Gasteiger charge is -2.37. The number of aromatic nitrogens is 5. The molecule has 1 amide bonds. The molecule has 1 aliphatic heterocycles. The van der Waals surface area contributed by atoms with Gasteiger partial charge in [-0.1, -0.05) is 32.1 Å². The number of amides is 1. The van der Waals surface area contributed by atoms with Gasteiger partial charge in [0, 0.05) is 62.0 Å². The molecule has 3 aromatic heterocycles. The molecule has 60 heavy (non-hydrogen) atoms. The van der Waals surface area contributed by atoms with Crippen LogP contribution < -0.4 is 26.0 Å². The Balaban J connectivity index is 0.00000131. The maximum atomic E-state index is 13.4. The highest BCUT2D eigenvalue weighted by Gasteiger charge is 2.26. The SMILES string of the molecule is C=CCCC(C=O)N(C)C(=O)c1cc(N2CCN(c3ccc(Nc4ncc5c(=O)n(CC=C)n(-c6ccc7c(n6)C(O)CC7)c5n4)cc3)CC2)ccc1C=O.CC.CNC. The third-order valence-electron chi connectivity index (χ3n) is 10.4. The minimum absolute atomic E-state index is 0.235. The van der Waals surface area contributed by atoms with Crippen LogP contribution in [0, 0.1) is 0 Å². The molecule has 2 unspecified atom stereocenters. The van der Waals surface area contributed by atoms with Crippen molar-refractivity contribution in [2.45, 2.75) is 58.2 Å². The molecular formula is C45H56N10O5. The Bertz CT molecular complexity index is 2350. The first-order chi connectivity index (χ1) is 29.1. The van der Waals surface area contributed by atoms with Crippen molar-refractivity contribution < 1.29 is 19.5 Å². The van der Waals surface area contributed by atoms with Crippen LogP contribution in [0.4, 0.5) is 23.0 Å². The predicted octanol–water partition coefficient (Wildman–Crippen LogP) is 5.49. The molecule has 2 aromatic carbocycles. The van der Waals surface area contributed by atoms with Crippen molar-refractivity contribution in [3.05, 3.63) is 119 Å².